The molecule has 1 fully saturated rings. The quantitative estimate of drug-likeness (QED) is 0.433. The highest BCUT2D eigenvalue weighted by molar-refractivity contribution is 6.00. The third kappa shape index (κ3) is 7.41. The zero-order valence-corrected chi connectivity index (χ0v) is 19.1. The molecule has 0 aromatic heterocycles. The first kappa shape index (κ1) is 23.9. The Kier molecular flexibility index (Phi) is 8.12. The number of benzene rings is 2. The van der Waals surface area contributed by atoms with Crippen molar-refractivity contribution in [2.45, 2.75) is 39.2 Å². The Labute approximate surface area is 193 Å². The van der Waals surface area contributed by atoms with E-state index in [1.807, 2.05) is 0 Å². The Morgan fingerprint density at radius 3 is 2.30 bits per heavy atom. The molecule has 4 amide bonds. The zero-order valence-electron chi connectivity index (χ0n) is 19.1. The number of anilines is 1. The summed E-state index contributed by atoms with van der Waals surface area (Å²) in [6.45, 7) is 4.77. The van der Waals surface area contributed by atoms with Gasteiger partial charge in [-0.3, -0.25) is 20.4 Å². The minimum absolute atomic E-state index is 0.228. The van der Waals surface area contributed by atoms with Crippen molar-refractivity contribution in [2.75, 3.05) is 19.0 Å². The molecule has 2 aromatic rings. The number of carbonyl (C=O) groups excluding carboxylic acids is 3. The lowest BCUT2D eigenvalue weighted by molar-refractivity contribution is 0.0846. The molecular formula is C24H30N4O5. The summed E-state index contributed by atoms with van der Waals surface area (Å²) in [6.07, 6.45) is 2.87. The first-order valence-electron chi connectivity index (χ1n) is 10.9. The summed E-state index contributed by atoms with van der Waals surface area (Å²) in [5, 5.41) is 5.51. The number of ether oxygens (including phenoxy) is 2. The maximum atomic E-state index is 12.5. The summed E-state index contributed by atoms with van der Waals surface area (Å²) >= 11 is 0. The molecule has 9 heteroatoms. The Morgan fingerprint density at radius 2 is 1.67 bits per heavy atom. The highest BCUT2D eigenvalue weighted by Gasteiger charge is 2.23. The van der Waals surface area contributed by atoms with Crippen molar-refractivity contribution in [3.05, 3.63) is 53.6 Å². The lowest BCUT2D eigenvalue weighted by atomic mass is 10.1. The minimum Gasteiger partial charge on any atom is -0.493 e. The van der Waals surface area contributed by atoms with E-state index in [1.165, 1.54) is 13.2 Å². The highest BCUT2D eigenvalue weighted by Crippen LogP contribution is 2.28. The van der Waals surface area contributed by atoms with Crippen molar-refractivity contribution in [3.8, 4) is 11.5 Å². The molecule has 0 radical (unpaired) electrons. The normalized spacial score (nSPS) is 12.6. The van der Waals surface area contributed by atoms with Crippen LogP contribution in [0.25, 0.3) is 0 Å². The van der Waals surface area contributed by atoms with Gasteiger partial charge in [0.1, 0.15) is 0 Å². The second-order valence-corrected chi connectivity index (χ2v) is 8.26. The van der Waals surface area contributed by atoms with E-state index in [4.69, 9.17) is 9.47 Å². The molecule has 3 rings (SSSR count). The molecule has 0 atom stereocenters. The third-order valence-corrected chi connectivity index (χ3v) is 4.96. The molecule has 1 aliphatic rings. The molecule has 0 aliphatic heterocycles. The number of urea groups is 1. The SMILES string of the molecule is COc1cc(C(=O)NNC(=O)c2cccc(NC(=O)NC3CC3)c2)ccc1OCCC(C)C. The number of methoxy groups -OCH3 is 1. The second kappa shape index (κ2) is 11.2. The Morgan fingerprint density at radius 1 is 0.970 bits per heavy atom. The van der Waals surface area contributed by atoms with Gasteiger partial charge in [-0.15, -0.1) is 0 Å². The predicted molar refractivity (Wildman–Crippen MR) is 124 cm³/mol. The highest BCUT2D eigenvalue weighted by atomic mass is 16.5. The van der Waals surface area contributed by atoms with Crippen LogP contribution in [0.1, 0.15) is 53.8 Å². The number of rotatable bonds is 9. The molecule has 176 valence electrons. The Balaban J connectivity index is 1.54. The van der Waals surface area contributed by atoms with Crippen molar-refractivity contribution in [1.29, 1.82) is 0 Å². The van der Waals surface area contributed by atoms with E-state index in [0.717, 1.165) is 19.3 Å². The van der Waals surface area contributed by atoms with Gasteiger partial charge >= 0.3 is 6.03 Å². The number of amides is 4. The molecule has 0 heterocycles. The topological polar surface area (TPSA) is 118 Å². The van der Waals surface area contributed by atoms with Crippen LogP contribution in [0.3, 0.4) is 0 Å². The van der Waals surface area contributed by atoms with E-state index in [0.29, 0.717) is 35.3 Å². The van der Waals surface area contributed by atoms with E-state index in [1.54, 1.807) is 36.4 Å². The fraction of sp³-hybridized carbons (Fsp3) is 0.375. The fourth-order valence-corrected chi connectivity index (χ4v) is 2.91. The van der Waals surface area contributed by atoms with Crippen molar-refractivity contribution < 1.29 is 23.9 Å². The summed E-state index contributed by atoms with van der Waals surface area (Å²) in [4.78, 5) is 36.8. The van der Waals surface area contributed by atoms with Crippen LogP contribution in [0.15, 0.2) is 42.5 Å². The van der Waals surface area contributed by atoms with E-state index in [9.17, 15) is 14.4 Å². The molecular weight excluding hydrogens is 424 g/mol. The number of hydrogen-bond acceptors (Lipinski definition) is 5. The predicted octanol–water partition coefficient (Wildman–Crippen LogP) is 3.48. The van der Waals surface area contributed by atoms with Crippen LogP contribution in [0.2, 0.25) is 0 Å². The lowest BCUT2D eigenvalue weighted by Crippen LogP contribution is -2.41. The van der Waals surface area contributed by atoms with Gasteiger partial charge in [-0.25, -0.2) is 4.79 Å². The third-order valence-electron chi connectivity index (χ3n) is 4.96. The Hall–Kier alpha value is -3.75. The largest absolute Gasteiger partial charge is 0.493 e. The van der Waals surface area contributed by atoms with Crippen molar-refractivity contribution in [1.82, 2.24) is 16.2 Å². The van der Waals surface area contributed by atoms with E-state index < -0.39 is 11.8 Å². The maximum absolute atomic E-state index is 12.5. The average molecular weight is 455 g/mol. The Bertz CT molecular complexity index is 1000. The van der Waals surface area contributed by atoms with Crippen LogP contribution in [-0.2, 0) is 0 Å². The molecule has 1 aliphatic carbocycles. The molecule has 0 spiro atoms. The van der Waals surface area contributed by atoms with Gasteiger partial charge in [-0.1, -0.05) is 19.9 Å². The van der Waals surface area contributed by atoms with E-state index >= 15 is 0 Å². The van der Waals surface area contributed by atoms with Gasteiger partial charge in [-0.05, 0) is 61.6 Å². The number of nitrogens with one attached hydrogen (secondary N) is 4. The van der Waals surface area contributed by atoms with Crippen LogP contribution < -0.4 is 31.0 Å². The lowest BCUT2D eigenvalue weighted by Gasteiger charge is -2.13. The average Bonchev–Trinajstić information content (AvgIpc) is 3.61. The first-order chi connectivity index (χ1) is 15.9. The monoisotopic (exact) mass is 454 g/mol. The zero-order chi connectivity index (χ0) is 23.8. The number of hydrogen-bond donors (Lipinski definition) is 4. The van der Waals surface area contributed by atoms with Gasteiger partial charge in [-0.2, -0.15) is 0 Å². The van der Waals surface area contributed by atoms with Crippen molar-refractivity contribution in [3.63, 3.8) is 0 Å². The van der Waals surface area contributed by atoms with Crippen LogP contribution in [0.5, 0.6) is 11.5 Å². The smallest absolute Gasteiger partial charge is 0.319 e. The summed E-state index contributed by atoms with van der Waals surface area (Å²) in [5.41, 5.74) is 5.83. The van der Waals surface area contributed by atoms with Crippen LogP contribution in [0.4, 0.5) is 10.5 Å². The number of carbonyl (C=O) groups is 3. The molecule has 0 unspecified atom stereocenters. The minimum atomic E-state index is -0.518. The van der Waals surface area contributed by atoms with Gasteiger partial charge in [0, 0.05) is 22.9 Å². The van der Waals surface area contributed by atoms with Gasteiger partial charge in [0.2, 0.25) is 0 Å². The van der Waals surface area contributed by atoms with Crippen LogP contribution >= 0.6 is 0 Å². The van der Waals surface area contributed by atoms with Gasteiger partial charge in [0.05, 0.1) is 13.7 Å². The molecule has 1 saturated carbocycles. The standard InChI is InChI=1S/C24H30N4O5/c1-15(2)11-12-33-20-10-7-17(14-21(20)32-3)23(30)28-27-22(29)16-5-4-6-19(13-16)26-24(31)25-18-8-9-18/h4-7,10,13-15,18H,8-9,11-12H2,1-3H3,(H,27,29)(H,28,30)(H2,25,26,31). The van der Waals surface area contributed by atoms with E-state index in [-0.39, 0.29) is 17.6 Å². The molecule has 0 saturated heterocycles. The van der Waals surface area contributed by atoms with Crippen molar-refractivity contribution in [2.24, 2.45) is 5.92 Å². The number of hydrazine groups is 1. The van der Waals surface area contributed by atoms with Gasteiger partial charge in [0.25, 0.3) is 11.8 Å². The summed E-state index contributed by atoms with van der Waals surface area (Å²) in [7, 11) is 1.50. The molecule has 0 bridgehead atoms. The summed E-state index contributed by atoms with van der Waals surface area (Å²) < 4.78 is 11.1. The van der Waals surface area contributed by atoms with Crippen LogP contribution in [0, 0.1) is 5.92 Å². The summed E-state index contributed by atoms with van der Waals surface area (Å²) in [6, 6.07) is 11.2. The molecule has 9 nitrogen and oxygen atoms in total. The second-order valence-electron chi connectivity index (χ2n) is 8.26. The molecule has 4 N–H and O–H groups in total. The van der Waals surface area contributed by atoms with Gasteiger partial charge < -0.3 is 20.1 Å². The summed E-state index contributed by atoms with van der Waals surface area (Å²) in [5.74, 6) is 0.472. The van der Waals surface area contributed by atoms with Gasteiger partial charge in [0.15, 0.2) is 11.5 Å². The molecule has 33 heavy (non-hydrogen) atoms. The molecule has 2 aromatic carbocycles. The van der Waals surface area contributed by atoms with Crippen LogP contribution in [-0.4, -0.2) is 37.6 Å². The fourth-order valence-electron chi connectivity index (χ4n) is 2.91. The van der Waals surface area contributed by atoms with Crippen molar-refractivity contribution >= 4 is 23.5 Å². The van der Waals surface area contributed by atoms with E-state index in [2.05, 4.69) is 35.3 Å². The first-order valence-corrected chi connectivity index (χ1v) is 10.9. The maximum Gasteiger partial charge on any atom is 0.319 e.